The van der Waals surface area contributed by atoms with E-state index in [0.717, 1.165) is 4.90 Å². The van der Waals surface area contributed by atoms with Gasteiger partial charge in [-0.25, -0.2) is 4.79 Å². The molecule has 0 fully saturated rings. The van der Waals surface area contributed by atoms with Crippen LogP contribution in [0.1, 0.15) is 24.9 Å². The average molecular weight is 463 g/mol. The van der Waals surface area contributed by atoms with Gasteiger partial charge in [0.05, 0.1) is 22.2 Å². The van der Waals surface area contributed by atoms with Crippen LogP contribution in [0.2, 0.25) is 10.0 Å². The molecule has 2 aromatic rings. The molecule has 31 heavy (non-hydrogen) atoms. The Kier molecular flexibility index (Phi) is 6.87. The van der Waals surface area contributed by atoms with E-state index in [4.69, 9.17) is 23.2 Å². The maximum atomic E-state index is 13.3. The van der Waals surface area contributed by atoms with Crippen molar-refractivity contribution in [1.82, 2.24) is 4.90 Å². The molecule has 1 atom stereocenters. The summed E-state index contributed by atoms with van der Waals surface area (Å²) in [7, 11) is 0. The van der Waals surface area contributed by atoms with Crippen LogP contribution in [0.4, 0.5) is 5.69 Å². The van der Waals surface area contributed by atoms with E-state index < -0.39 is 29.6 Å². The predicted octanol–water partition coefficient (Wildman–Crippen LogP) is 4.22. The molecule has 0 aromatic heterocycles. The van der Waals surface area contributed by atoms with E-state index in [-0.39, 0.29) is 17.1 Å². The maximum Gasteiger partial charge on any atom is 0.331 e. The van der Waals surface area contributed by atoms with E-state index in [1.807, 2.05) is 6.92 Å². The third-order valence-corrected chi connectivity index (χ3v) is 5.64. The molecule has 0 aliphatic carbocycles. The lowest BCUT2D eigenvalue weighted by atomic mass is 10.1. The van der Waals surface area contributed by atoms with Crippen LogP contribution in [0.3, 0.4) is 0 Å². The van der Waals surface area contributed by atoms with Crippen molar-refractivity contribution in [3.63, 3.8) is 0 Å². The quantitative estimate of drug-likeness (QED) is 0.641. The lowest BCUT2D eigenvalue weighted by Crippen LogP contribution is -2.38. The zero-order valence-corrected chi connectivity index (χ0v) is 18.1. The zero-order valence-electron chi connectivity index (χ0n) is 16.6. The van der Waals surface area contributed by atoms with Crippen molar-refractivity contribution < 1.29 is 24.6 Å². The number of aliphatic hydroxyl groups is 1. The first-order chi connectivity index (χ1) is 14.8. The molecule has 3 rings (SSSR count). The number of rotatable bonds is 7. The monoisotopic (exact) mass is 462 g/mol. The lowest BCUT2D eigenvalue weighted by molar-refractivity contribution is -0.148. The van der Waals surface area contributed by atoms with Gasteiger partial charge in [-0.2, -0.15) is 0 Å². The molecule has 2 amide bonds. The minimum Gasteiger partial charge on any atom is -0.503 e. The highest BCUT2D eigenvalue weighted by molar-refractivity contribution is 6.42. The minimum absolute atomic E-state index is 0.174. The van der Waals surface area contributed by atoms with Crippen LogP contribution in [-0.4, -0.2) is 46.0 Å². The second kappa shape index (κ2) is 9.41. The van der Waals surface area contributed by atoms with Crippen molar-refractivity contribution in [3.05, 3.63) is 75.5 Å². The number of halogens is 2. The van der Waals surface area contributed by atoms with Gasteiger partial charge in [0.15, 0.2) is 11.8 Å². The second-order valence-corrected chi connectivity index (χ2v) is 7.78. The number of carboxylic acids is 1. The summed E-state index contributed by atoms with van der Waals surface area (Å²) in [5.41, 5.74) is 0.636. The molecule has 0 bridgehead atoms. The predicted molar refractivity (Wildman–Crippen MR) is 117 cm³/mol. The summed E-state index contributed by atoms with van der Waals surface area (Å²) in [6.07, 6.45) is 0.597. The SMILES string of the molecule is CCCN(C(=O)C1=C(O)C(=O)N(C(C(=O)O)c2ccccc2)C1)c1ccc(Cl)c(Cl)c1. The third kappa shape index (κ3) is 4.52. The number of hydrogen-bond donors (Lipinski definition) is 2. The Bertz CT molecular complexity index is 1060. The Morgan fingerprint density at radius 2 is 1.81 bits per heavy atom. The largest absolute Gasteiger partial charge is 0.503 e. The van der Waals surface area contributed by atoms with E-state index in [1.165, 1.54) is 11.0 Å². The van der Waals surface area contributed by atoms with Crippen LogP contribution < -0.4 is 4.90 Å². The summed E-state index contributed by atoms with van der Waals surface area (Å²) in [5, 5.41) is 20.7. The Labute approximate surface area is 189 Å². The Hall–Kier alpha value is -3.03. The number of carbonyl (C=O) groups is 3. The molecule has 2 N–H and O–H groups in total. The van der Waals surface area contributed by atoms with Gasteiger partial charge in [-0.05, 0) is 30.2 Å². The fourth-order valence-electron chi connectivity index (χ4n) is 3.44. The van der Waals surface area contributed by atoms with Crippen molar-refractivity contribution in [3.8, 4) is 0 Å². The number of carboxylic acid groups (broad SMARTS) is 1. The number of anilines is 1. The van der Waals surface area contributed by atoms with E-state index in [2.05, 4.69) is 0 Å². The Morgan fingerprint density at radius 3 is 2.39 bits per heavy atom. The fourth-order valence-corrected chi connectivity index (χ4v) is 3.73. The van der Waals surface area contributed by atoms with Crippen LogP contribution in [0, 0.1) is 0 Å². The molecule has 9 heteroatoms. The normalized spacial score (nSPS) is 14.7. The Morgan fingerprint density at radius 1 is 1.13 bits per heavy atom. The van der Waals surface area contributed by atoms with Crippen LogP contribution in [0.15, 0.2) is 59.9 Å². The van der Waals surface area contributed by atoms with Crippen molar-refractivity contribution in [2.45, 2.75) is 19.4 Å². The maximum absolute atomic E-state index is 13.3. The van der Waals surface area contributed by atoms with Gasteiger partial charge >= 0.3 is 5.97 Å². The molecule has 2 aromatic carbocycles. The number of carbonyl (C=O) groups excluding carboxylic acids is 2. The standard InChI is InChI=1S/C22H20Cl2N2O5/c1-2-10-25(14-8-9-16(23)17(24)11-14)20(28)15-12-26(21(29)19(15)27)18(22(30)31)13-6-4-3-5-7-13/h3-9,11,18,27H,2,10,12H2,1H3,(H,30,31). The Balaban J connectivity index is 1.94. The molecule has 162 valence electrons. The van der Waals surface area contributed by atoms with Gasteiger partial charge in [0.1, 0.15) is 0 Å². The van der Waals surface area contributed by atoms with Crippen LogP contribution in [-0.2, 0) is 14.4 Å². The van der Waals surface area contributed by atoms with Gasteiger partial charge in [0, 0.05) is 12.2 Å². The first kappa shape index (κ1) is 22.7. The number of hydrogen-bond acceptors (Lipinski definition) is 4. The van der Waals surface area contributed by atoms with E-state index in [0.29, 0.717) is 29.2 Å². The minimum atomic E-state index is -1.34. The molecule has 1 unspecified atom stereocenters. The van der Waals surface area contributed by atoms with Crippen LogP contribution in [0.5, 0.6) is 0 Å². The van der Waals surface area contributed by atoms with Crippen LogP contribution >= 0.6 is 23.2 Å². The zero-order chi connectivity index (χ0) is 22.7. The molecule has 0 saturated heterocycles. The second-order valence-electron chi connectivity index (χ2n) is 6.97. The lowest BCUT2D eigenvalue weighted by Gasteiger charge is -2.26. The van der Waals surface area contributed by atoms with E-state index in [9.17, 15) is 24.6 Å². The molecule has 7 nitrogen and oxygen atoms in total. The van der Waals surface area contributed by atoms with Gasteiger partial charge < -0.3 is 20.0 Å². The van der Waals surface area contributed by atoms with Crippen molar-refractivity contribution in [2.75, 3.05) is 18.0 Å². The van der Waals surface area contributed by atoms with E-state index in [1.54, 1.807) is 42.5 Å². The third-order valence-electron chi connectivity index (χ3n) is 4.90. The molecule has 1 aliphatic rings. The molecule has 0 spiro atoms. The van der Waals surface area contributed by atoms with E-state index >= 15 is 0 Å². The summed E-state index contributed by atoms with van der Waals surface area (Å²) in [5.74, 6) is -3.54. The molecular formula is C22H20Cl2N2O5. The van der Waals surface area contributed by atoms with Gasteiger partial charge in [-0.3, -0.25) is 9.59 Å². The number of amides is 2. The first-order valence-corrected chi connectivity index (χ1v) is 10.3. The highest BCUT2D eigenvalue weighted by atomic mass is 35.5. The molecule has 0 radical (unpaired) electrons. The summed E-state index contributed by atoms with van der Waals surface area (Å²) >= 11 is 12.0. The molecule has 0 saturated carbocycles. The van der Waals surface area contributed by atoms with Crippen LogP contribution in [0.25, 0.3) is 0 Å². The van der Waals surface area contributed by atoms with Crippen molar-refractivity contribution in [2.24, 2.45) is 0 Å². The van der Waals surface area contributed by atoms with Gasteiger partial charge in [0.25, 0.3) is 11.8 Å². The molecular weight excluding hydrogens is 443 g/mol. The first-order valence-electron chi connectivity index (χ1n) is 9.54. The van der Waals surface area contributed by atoms with Crippen molar-refractivity contribution in [1.29, 1.82) is 0 Å². The summed E-state index contributed by atoms with van der Waals surface area (Å²) in [6, 6.07) is 11.5. The highest BCUT2D eigenvalue weighted by Crippen LogP contribution is 2.32. The summed E-state index contributed by atoms with van der Waals surface area (Å²) in [6.45, 7) is 1.83. The van der Waals surface area contributed by atoms with Gasteiger partial charge in [-0.15, -0.1) is 0 Å². The number of benzene rings is 2. The summed E-state index contributed by atoms with van der Waals surface area (Å²) < 4.78 is 0. The number of aliphatic hydroxyl groups excluding tert-OH is 1. The highest BCUT2D eigenvalue weighted by Gasteiger charge is 2.42. The topological polar surface area (TPSA) is 98.2 Å². The number of aliphatic carboxylic acids is 1. The van der Waals surface area contributed by atoms with Crippen molar-refractivity contribution >= 4 is 46.7 Å². The van der Waals surface area contributed by atoms with Gasteiger partial charge in [0.2, 0.25) is 0 Å². The average Bonchev–Trinajstić information content (AvgIpc) is 3.03. The fraction of sp³-hybridized carbons (Fsp3) is 0.227. The summed E-state index contributed by atoms with van der Waals surface area (Å²) in [4.78, 5) is 40.2. The molecule has 1 heterocycles. The smallest absolute Gasteiger partial charge is 0.331 e. The number of nitrogens with zero attached hydrogens (tertiary/aromatic N) is 2. The molecule has 1 aliphatic heterocycles. The van der Waals surface area contributed by atoms with Gasteiger partial charge in [-0.1, -0.05) is 60.5 Å².